The number of anilines is 1. The van der Waals surface area contributed by atoms with Crippen molar-refractivity contribution in [3.8, 4) is 11.5 Å². The lowest BCUT2D eigenvalue weighted by Gasteiger charge is -2.04. The van der Waals surface area contributed by atoms with Crippen molar-refractivity contribution in [1.29, 1.82) is 0 Å². The zero-order chi connectivity index (χ0) is 15.2. The quantitative estimate of drug-likeness (QED) is 0.849. The monoisotopic (exact) mass is 287 g/mol. The summed E-state index contributed by atoms with van der Waals surface area (Å²) in [5, 5.41) is 12.2. The van der Waals surface area contributed by atoms with Gasteiger partial charge in [-0.2, -0.15) is 0 Å². The highest BCUT2D eigenvalue weighted by atomic mass is 19.1. The average molecular weight is 287 g/mol. The summed E-state index contributed by atoms with van der Waals surface area (Å²) in [5.74, 6) is -0.464. The van der Waals surface area contributed by atoms with Gasteiger partial charge in [0.25, 0.3) is 0 Å². The second-order valence-electron chi connectivity index (χ2n) is 4.26. The third-order valence-electron chi connectivity index (χ3n) is 2.72. The molecule has 2 aromatic rings. The number of benzene rings is 2. The number of aromatic hydroxyl groups is 1. The summed E-state index contributed by atoms with van der Waals surface area (Å²) in [7, 11) is 1.46. The number of hydrogen-bond acceptors (Lipinski definition) is 3. The van der Waals surface area contributed by atoms with Crippen LogP contribution in [-0.2, 0) is 4.79 Å². The number of halogens is 1. The Balaban J connectivity index is 2.03. The molecule has 1 amide bonds. The van der Waals surface area contributed by atoms with Crippen LogP contribution in [0, 0.1) is 5.82 Å². The maximum absolute atomic E-state index is 13.0. The topological polar surface area (TPSA) is 58.6 Å². The molecule has 0 radical (unpaired) electrons. The molecule has 0 aliphatic carbocycles. The summed E-state index contributed by atoms with van der Waals surface area (Å²) < 4.78 is 17.9. The van der Waals surface area contributed by atoms with Crippen LogP contribution < -0.4 is 10.1 Å². The minimum atomic E-state index is -0.420. The minimum Gasteiger partial charge on any atom is -0.504 e. The molecular weight excluding hydrogens is 273 g/mol. The molecule has 2 aromatic carbocycles. The van der Waals surface area contributed by atoms with E-state index in [1.165, 1.54) is 43.5 Å². The highest BCUT2D eigenvalue weighted by Gasteiger charge is 2.02. The van der Waals surface area contributed by atoms with Gasteiger partial charge in [-0.3, -0.25) is 4.79 Å². The second kappa shape index (κ2) is 6.56. The predicted octanol–water partition coefficient (Wildman–Crippen LogP) is 3.19. The second-order valence-corrected chi connectivity index (χ2v) is 4.26. The molecular formula is C16H14FNO3. The van der Waals surface area contributed by atoms with Gasteiger partial charge in [-0.25, -0.2) is 4.39 Å². The Morgan fingerprint density at radius 3 is 2.76 bits per heavy atom. The van der Waals surface area contributed by atoms with Crippen molar-refractivity contribution in [2.45, 2.75) is 0 Å². The van der Waals surface area contributed by atoms with Crippen molar-refractivity contribution in [3.05, 3.63) is 59.9 Å². The number of phenols is 1. The summed E-state index contributed by atoms with van der Waals surface area (Å²) >= 11 is 0. The standard InChI is InChI=1S/C16H14FNO3/c1-21-15-7-5-11(9-14(15)19)6-8-16(20)18-13-4-2-3-12(17)10-13/h2-10,19H,1H3,(H,18,20). The van der Waals surface area contributed by atoms with Gasteiger partial charge in [0, 0.05) is 11.8 Å². The fourth-order valence-corrected chi connectivity index (χ4v) is 1.73. The number of carbonyl (C=O) groups excluding carboxylic acids is 1. The number of methoxy groups -OCH3 is 1. The molecule has 0 fully saturated rings. The van der Waals surface area contributed by atoms with E-state index in [2.05, 4.69) is 5.32 Å². The van der Waals surface area contributed by atoms with Crippen LogP contribution in [0.25, 0.3) is 6.08 Å². The Kier molecular flexibility index (Phi) is 4.56. The molecule has 2 N–H and O–H groups in total. The van der Waals surface area contributed by atoms with Gasteiger partial charge >= 0.3 is 0 Å². The number of amides is 1. The van der Waals surface area contributed by atoms with Gasteiger partial charge in [-0.1, -0.05) is 12.1 Å². The Hall–Kier alpha value is -2.82. The van der Waals surface area contributed by atoms with Crippen molar-refractivity contribution >= 4 is 17.7 Å². The van der Waals surface area contributed by atoms with Crippen molar-refractivity contribution in [3.63, 3.8) is 0 Å². The van der Waals surface area contributed by atoms with E-state index < -0.39 is 11.7 Å². The van der Waals surface area contributed by atoms with Crippen molar-refractivity contribution in [1.82, 2.24) is 0 Å². The summed E-state index contributed by atoms with van der Waals surface area (Å²) in [6.45, 7) is 0. The summed E-state index contributed by atoms with van der Waals surface area (Å²) in [6, 6.07) is 10.4. The molecule has 108 valence electrons. The van der Waals surface area contributed by atoms with E-state index >= 15 is 0 Å². The van der Waals surface area contributed by atoms with Crippen LogP contribution in [0.1, 0.15) is 5.56 Å². The van der Waals surface area contributed by atoms with E-state index in [9.17, 15) is 14.3 Å². The Labute approximate surface area is 121 Å². The van der Waals surface area contributed by atoms with Gasteiger partial charge in [0.2, 0.25) is 5.91 Å². The van der Waals surface area contributed by atoms with Gasteiger partial charge in [-0.05, 0) is 42.0 Å². The number of rotatable bonds is 4. The molecule has 0 unspecified atom stereocenters. The Morgan fingerprint density at radius 2 is 2.10 bits per heavy atom. The molecule has 0 saturated heterocycles. The molecule has 0 atom stereocenters. The summed E-state index contributed by atoms with van der Waals surface area (Å²) in [4.78, 5) is 11.7. The fraction of sp³-hybridized carbons (Fsp3) is 0.0625. The maximum Gasteiger partial charge on any atom is 0.248 e. The van der Waals surface area contributed by atoms with Crippen LogP contribution in [0.3, 0.4) is 0 Å². The van der Waals surface area contributed by atoms with Crippen LogP contribution >= 0.6 is 0 Å². The lowest BCUT2D eigenvalue weighted by atomic mass is 10.2. The SMILES string of the molecule is COc1ccc(C=CC(=O)Nc2cccc(F)c2)cc1O. The molecule has 0 aliphatic heterocycles. The molecule has 5 heteroatoms. The Bertz CT molecular complexity index is 683. The van der Waals surface area contributed by atoms with Gasteiger partial charge < -0.3 is 15.2 Å². The highest BCUT2D eigenvalue weighted by molar-refractivity contribution is 6.01. The van der Waals surface area contributed by atoms with Crippen molar-refractivity contribution in [2.24, 2.45) is 0 Å². The molecule has 21 heavy (non-hydrogen) atoms. The van der Waals surface area contributed by atoms with Gasteiger partial charge in [0.1, 0.15) is 5.82 Å². The number of ether oxygens (including phenoxy) is 1. The van der Waals surface area contributed by atoms with Crippen LogP contribution in [0.4, 0.5) is 10.1 Å². The molecule has 2 rings (SSSR count). The van der Waals surface area contributed by atoms with Crippen molar-refractivity contribution < 1.29 is 19.0 Å². The molecule has 0 heterocycles. The van der Waals surface area contributed by atoms with E-state index in [1.807, 2.05) is 0 Å². The maximum atomic E-state index is 13.0. The van der Waals surface area contributed by atoms with Crippen LogP contribution in [0.15, 0.2) is 48.5 Å². The fourth-order valence-electron chi connectivity index (χ4n) is 1.73. The van der Waals surface area contributed by atoms with Crippen LogP contribution in [0.5, 0.6) is 11.5 Å². The third kappa shape index (κ3) is 4.07. The minimum absolute atomic E-state index is 0.00908. The highest BCUT2D eigenvalue weighted by Crippen LogP contribution is 2.26. The molecule has 0 aromatic heterocycles. The largest absolute Gasteiger partial charge is 0.504 e. The van der Waals surface area contributed by atoms with E-state index in [0.717, 1.165) is 0 Å². The van der Waals surface area contributed by atoms with Gasteiger partial charge in [0.15, 0.2) is 11.5 Å². The lowest BCUT2D eigenvalue weighted by Crippen LogP contribution is -2.07. The normalized spacial score (nSPS) is 10.6. The molecule has 0 bridgehead atoms. The first-order valence-electron chi connectivity index (χ1n) is 6.20. The molecule has 0 saturated carbocycles. The number of phenolic OH excluding ortho intramolecular Hbond substituents is 1. The zero-order valence-electron chi connectivity index (χ0n) is 11.3. The van der Waals surface area contributed by atoms with E-state index in [4.69, 9.17) is 4.74 Å². The van der Waals surface area contributed by atoms with Crippen LogP contribution in [-0.4, -0.2) is 18.1 Å². The average Bonchev–Trinajstić information content (AvgIpc) is 2.45. The third-order valence-corrected chi connectivity index (χ3v) is 2.72. The van der Waals surface area contributed by atoms with Crippen LogP contribution in [0.2, 0.25) is 0 Å². The molecule has 0 spiro atoms. The first kappa shape index (κ1) is 14.6. The van der Waals surface area contributed by atoms with E-state index in [0.29, 0.717) is 17.0 Å². The number of nitrogens with one attached hydrogen (secondary N) is 1. The Morgan fingerprint density at radius 1 is 1.29 bits per heavy atom. The first-order chi connectivity index (χ1) is 10.1. The zero-order valence-corrected chi connectivity index (χ0v) is 11.3. The summed E-state index contributed by atoms with van der Waals surface area (Å²) in [6.07, 6.45) is 2.83. The van der Waals surface area contributed by atoms with Gasteiger partial charge in [0.05, 0.1) is 7.11 Å². The number of carbonyl (C=O) groups is 1. The first-order valence-corrected chi connectivity index (χ1v) is 6.20. The molecule has 0 aliphatic rings. The summed E-state index contributed by atoms with van der Waals surface area (Å²) in [5.41, 5.74) is 1.02. The van der Waals surface area contributed by atoms with E-state index in [-0.39, 0.29) is 5.75 Å². The van der Waals surface area contributed by atoms with E-state index in [1.54, 1.807) is 18.2 Å². The molecule has 4 nitrogen and oxygen atoms in total. The number of hydrogen-bond donors (Lipinski definition) is 2. The van der Waals surface area contributed by atoms with Gasteiger partial charge in [-0.15, -0.1) is 0 Å². The van der Waals surface area contributed by atoms with Crippen molar-refractivity contribution in [2.75, 3.05) is 12.4 Å². The predicted molar refractivity (Wildman–Crippen MR) is 78.7 cm³/mol. The lowest BCUT2D eigenvalue weighted by molar-refractivity contribution is -0.111. The smallest absolute Gasteiger partial charge is 0.248 e.